The van der Waals surface area contributed by atoms with Crippen LogP contribution in [-0.2, 0) is 9.63 Å². The van der Waals surface area contributed by atoms with Gasteiger partial charge in [0.15, 0.2) is 0 Å². The van der Waals surface area contributed by atoms with Crippen LogP contribution in [-0.4, -0.2) is 30.2 Å². The molecule has 0 saturated carbocycles. The minimum absolute atomic E-state index is 0. The third kappa shape index (κ3) is 8.87. The lowest BCUT2D eigenvalue weighted by Gasteiger charge is -2.15. The molecular weight excluding hydrogens is 362 g/mol. The summed E-state index contributed by atoms with van der Waals surface area (Å²) in [6, 6.07) is 3.20. The van der Waals surface area contributed by atoms with Gasteiger partial charge < -0.3 is 20.6 Å². The van der Waals surface area contributed by atoms with Gasteiger partial charge in [-0.2, -0.15) is 0 Å². The van der Waals surface area contributed by atoms with Crippen LogP contribution in [0.2, 0.25) is 0 Å². The number of benzene rings is 1. The van der Waals surface area contributed by atoms with Crippen LogP contribution in [0, 0.1) is 24.0 Å². The Morgan fingerprint density at radius 1 is 1.19 bits per heavy atom. The zero-order chi connectivity index (χ0) is 18.8. The highest BCUT2D eigenvalue weighted by atomic mass is 35.5. The highest BCUT2D eigenvalue weighted by molar-refractivity contribution is 5.95. The van der Waals surface area contributed by atoms with Gasteiger partial charge in [-0.05, 0) is 56.9 Å². The molecule has 0 radical (unpaired) electrons. The maximum atomic E-state index is 11.7. The summed E-state index contributed by atoms with van der Waals surface area (Å²) < 4.78 is 5.74. The quantitative estimate of drug-likeness (QED) is 0.341. The molecule has 0 fully saturated rings. The van der Waals surface area contributed by atoms with Gasteiger partial charge in [0.2, 0.25) is 5.91 Å². The molecule has 26 heavy (non-hydrogen) atoms. The molecule has 9 heteroatoms. The summed E-state index contributed by atoms with van der Waals surface area (Å²) in [6.45, 7) is 6.17. The Morgan fingerprint density at radius 2 is 1.73 bits per heavy atom. The van der Waals surface area contributed by atoms with E-state index in [0.717, 1.165) is 41.8 Å². The number of hydrogen-bond donors (Lipinski definition) is 2. The van der Waals surface area contributed by atoms with Gasteiger partial charge in [-0.15, -0.1) is 22.5 Å². The van der Waals surface area contributed by atoms with Crippen LogP contribution >= 0.6 is 12.4 Å². The zero-order valence-electron chi connectivity index (χ0n) is 15.4. The molecule has 0 aliphatic heterocycles. The molecule has 1 aromatic rings. The van der Waals surface area contributed by atoms with E-state index in [0.29, 0.717) is 13.0 Å². The minimum atomic E-state index is -0.770. The smallest absolute Gasteiger partial charge is 0.294 e. The maximum Gasteiger partial charge on any atom is 0.294 e. The number of nitrogens with one attached hydrogen (secondary N) is 1. The van der Waals surface area contributed by atoms with E-state index in [1.54, 1.807) is 6.92 Å². The second kappa shape index (κ2) is 12.3. The van der Waals surface area contributed by atoms with Gasteiger partial charge in [-0.25, -0.2) is 0 Å². The molecule has 0 bridgehead atoms. The van der Waals surface area contributed by atoms with Crippen molar-refractivity contribution in [3.05, 3.63) is 33.4 Å². The summed E-state index contributed by atoms with van der Waals surface area (Å²) >= 11 is 0. The van der Waals surface area contributed by atoms with Gasteiger partial charge in [-0.1, -0.05) is 12.8 Å². The number of ether oxygens (including phenoxy) is 1. The normalized spacial score (nSPS) is 11.2. The molecule has 0 aromatic heterocycles. The first-order chi connectivity index (χ1) is 11.8. The van der Waals surface area contributed by atoms with E-state index in [9.17, 15) is 14.9 Å². The van der Waals surface area contributed by atoms with E-state index in [-0.39, 0.29) is 24.9 Å². The lowest BCUT2D eigenvalue weighted by molar-refractivity contribution is -0.757. The Labute approximate surface area is 159 Å². The minimum Gasteiger partial charge on any atom is -0.494 e. The summed E-state index contributed by atoms with van der Waals surface area (Å²) in [5.41, 5.74) is 8.17. The summed E-state index contributed by atoms with van der Waals surface area (Å²) in [4.78, 5) is 26.0. The number of anilines is 1. The lowest BCUT2D eigenvalue weighted by atomic mass is 10.1. The van der Waals surface area contributed by atoms with Gasteiger partial charge in [0.25, 0.3) is 5.09 Å². The molecule has 3 N–H and O–H groups in total. The van der Waals surface area contributed by atoms with Crippen LogP contribution in [0.1, 0.15) is 43.7 Å². The number of carbonyl (C=O) groups is 1. The molecule has 0 aliphatic rings. The van der Waals surface area contributed by atoms with E-state index >= 15 is 0 Å². The number of unbranched alkanes of at least 4 members (excludes halogenated alkanes) is 3. The molecule has 1 amide bonds. The second-order valence-corrected chi connectivity index (χ2v) is 6.03. The van der Waals surface area contributed by atoms with Crippen LogP contribution in [0.4, 0.5) is 5.69 Å². The van der Waals surface area contributed by atoms with Crippen molar-refractivity contribution in [2.24, 2.45) is 5.73 Å². The molecule has 148 valence electrons. The van der Waals surface area contributed by atoms with E-state index in [4.69, 9.17) is 10.5 Å². The van der Waals surface area contributed by atoms with E-state index < -0.39 is 11.1 Å². The molecule has 1 rings (SSSR count). The summed E-state index contributed by atoms with van der Waals surface area (Å²) in [6.07, 6.45) is 3.30. The van der Waals surface area contributed by atoms with Gasteiger partial charge in [-0.3, -0.25) is 4.79 Å². The first-order valence-corrected chi connectivity index (χ1v) is 8.39. The Kier molecular flexibility index (Phi) is 11.3. The fourth-order valence-corrected chi connectivity index (χ4v) is 2.33. The Hall–Kier alpha value is -2.06. The highest BCUT2D eigenvalue weighted by Gasteiger charge is 2.12. The Morgan fingerprint density at radius 3 is 2.23 bits per heavy atom. The van der Waals surface area contributed by atoms with Crippen LogP contribution in [0.3, 0.4) is 0 Å². The first-order valence-electron chi connectivity index (χ1n) is 8.39. The third-order valence-electron chi connectivity index (χ3n) is 3.67. The largest absolute Gasteiger partial charge is 0.494 e. The molecule has 0 aliphatic carbocycles. The van der Waals surface area contributed by atoms with Gasteiger partial charge in [0.1, 0.15) is 5.75 Å². The Balaban J connectivity index is 0.00000625. The second-order valence-electron chi connectivity index (χ2n) is 6.03. The van der Waals surface area contributed by atoms with Gasteiger partial charge in [0.05, 0.1) is 19.3 Å². The molecule has 0 spiro atoms. The maximum absolute atomic E-state index is 11.7. The standard InChI is InChI=1S/C17H27N3O5.ClH/c1-12-10-15(11-13(2)16(12)19-17(21)14(3)18)24-8-6-4-5-7-9-25-20(22)23;/h10-11,14H,4-9,18H2,1-3H3,(H,19,21);1H. The summed E-state index contributed by atoms with van der Waals surface area (Å²) in [7, 11) is 0. The van der Waals surface area contributed by atoms with E-state index in [2.05, 4.69) is 10.2 Å². The van der Waals surface area contributed by atoms with Gasteiger partial charge in [0, 0.05) is 5.69 Å². The molecule has 0 heterocycles. The van der Waals surface area contributed by atoms with Crippen molar-refractivity contribution in [3.8, 4) is 5.75 Å². The average Bonchev–Trinajstić information content (AvgIpc) is 2.52. The van der Waals surface area contributed by atoms with Crippen molar-refractivity contribution in [3.63, 3.8) is 0 Å². The Bertz CT molecular complexity index is 573. The monoisotopic (exact) mass is 389 g/mol. The number of nitrogens with two attached hydrogens (primary N) is 1. The predicted molar refractivity (Wildman–Crippen MR) is 102 cm³/mol. The van der Waals surface area contributed by atoms with Crippen molar-refractivity contribution in [1.29, 1.82) is 0 Å². The fraction of sp³-hybridized carbons (Fsp3) is 0.588. The van der Waals surface area contributed by atoms with Crippen LogP contribution in [0.15, 0.2) is 12.1 Å². The third-order valence-corrected chi connectivity index (χ3v) is 3.67. The molecule has 1 unspecified atom stereocenters. The summed E-state index contributed by atoms with van der Waals surface area (Å²) in [5, 5.41) is 12.1. The number of carbonyl (C=O) groups excluding carboxylic acids is 1. The van der Waals surface area contributed by atoms with Crippen molar-refractivity contribution in [1.82, 2.24) is 0 Å². The molecule has 1 atom stereocenters. The number of aryl methyl sites for hydroxylation is 2. The number of nitrogens with zero attached hydrogens (tertiary/aromatic N) is 1. The first kappa shape index (κ1) is 23.9. The zero-order valence-corrected chi connectivity index (χ0v) is 16.3. The molecular formula is C17H28ClN3O5. The number of rotatable bonds is 11. The van der Waals surface area contributed by atoms with Crippen LogP contribution in [0.5, 0.6) is 5.75 Å². The van der Waals surface area contributed by atoms with Crippen molar-refractivity contribution in [2.45, 2.75) is 52.5 Å². The van der Waals surface area contributed by atoms with Crippen LogP contribution < -0.4 is 15.8 Å². The molecule has 1 aromatic carbocycles. The van der Waals surface area contributed by atoms with Crippen molar-refractivity contribution >= 4 is 24.0 Å². The predicted octanol–water partition coefficient (Wildman–Crippen LogP) is 3.16. The van der Waals surface area contributed by atoms with E-state index in [1.807, 2.05) is 26.0 Å². The summed E-state index contributed by atoms with van der Waals surface area (Å²) in [5.74, 6) is 0.534. The fourth-order valence-electron chi connectivity index (χ4n) is 2.33. The van der Waals surface area contributed by atoms with Crippen molar-refractivity contribution < 1.29 is 19.5 Å². The number of amides is 1. The SMILES string of the molecule is Cc1cc(OCCCCCCO[N+](=O)[O-])cc(C)c1NC(=O)C(C)N.Cl. The average molecular weight is 390 g/mol. The highest BCUT2D eigenvalue weighted by Crippen LogP contribution is 2.26. The molecule has 8 nitrogen and oxygen atoms in total. The van der Waals surface area contributed by atoms with Crippen molar-refractivity contribution in [2.75, 3.05) is 18.5 Å². The molecule has 0 saturated heterocycles. The number of halogens is 1. The number of hydrogen-bond acceptors (Lipinski definition) is 6. The topological polar surface area (TPSA) is 117 Å². The lowest BCUT2D eigenvalue weighted by Crippen LogP contribution is -2.32. The van der Waals surface area contributed by atoms with E-state index in [1.165, 1.54) is 0 Å². The van der Waals surface area contributed by atoms with Crippen LogP contribution in [0.25, 0.3) is 0 Å². The van der Waals surface area contributed by atoms with Gasteiger partial charge >= 0.3 is 0 Å².